The molecule has 0 atom stereocenters. The number of guanidine groups is 1. The van der Waals surface area contributed by atoms with Gasteiger partial charge in [0.15, 0.2) is 17.5 Å². The molecule has 0 aromatic heterocycles. The average molecular weight is 337 g/mol. The number of ether oxygens (including phenoxy) is 3. The third-order valence-electron chi connectivity index (χ3n) is 3.28. The minimum atomic E-state index is 0.623. The van der Waals surface area contributed by atoms with Crippen molar-refractivity contribution >= 4 is 5.96 Å². The lowest BCUT2D eigenvalue weighted by Gasteiger charge is -2.14. The Labute approximate surface area is 145 Å². The first-order valence-corrected chi connectivity index (χ1v) is 8.65. The van der Waals surface area contributed by atoms with Gasteiger partial charge in [0.1, 0.15) is 0 Å². The van der Waals surface area contributed by atoms with Gasteiger partial charge in [0.05, 0.1) is 19.8 Å². The maximum atomic E-state index is 5.66. The number of nitrogens with zero attached hydrogens (tertiary/aromatic N) is 1. The summed E-state index contributed by atoms with van der Waals surface area (Å²) in [4.78, 5) is 4.20. The molecule has 0 saturated heterocycles. The molecule has 0 aliphatic carbocycles. The molecule has 2 N–H and O–H groups in total. The van der Waals surface area contributed by atoms with Gasteiger partial charge in [0.25, 0.3) is 0 Å². The van der Waals surface area contributed by atoms with Crippen LogP contribution in [0.1, 0.15) is 26.3 Å². The molecule has 6 nitrogen and oxygen atoms in total. The van der Waals surface area contributed by atoms with Gasteiger partial charge >= 0.3 is 0 Å². The fourth-order valence-electron chi connectivity index (χ4n) is 2.18. The molecule has 0 heterocycles. The summed E-state index contributed by atoms with van der Waals surface area (Å²) in [6.45, 7) is 10.1. The van der Waals surface area contributed by atoms with Crippen molar-refractivity contribution in [1.29, 1.82) is 0 Å². The van der Waals surface area contributed by atoms with Crippen LogP contribution < -0.4 is 20.1 Å². The number of benzene rings is 1. The van der Waals surface area contributed by atoms with Crippen molar-refractivity contribution in [3.8, 4) is 11.5 Å². The van der Waals surface area contributed by atoms with Crippen molar-refractivity contribution in [2.24, 2.45) is 4.99 Å². The van der Waals surface area contributed by atoms with Crippen molar-refractivity contribution in [3.05, 3.63) is 23.8 Å². The second-order valence-corrected chi connectivity index (χ2v) is 5.02. The van der Waals surface area contributed by atoms with Crippen LogP contribution in [0.4, 0.5) is 0 Å². The Morgan fingerprint density at radius 2 is 1.67 bits per heavy atom. The normalized spacial score (nSPS) is 11.2. The van der Waals surface area contributed by atoms with Crippen LogP contribution in [0, 0.1) is 0 Å². The Morgan fingerprint density at radius 1 is 0.958 bits per heavy atom. The minimum absolute atomic E-state index is 0.623. The van der Waals surface area contributed by atoms with E-state index in [-0.39, 0.29) is 0 Å². The molecule has 136 valence electrons. The highest BCUT2D eigenvalue weighted by Crippen LogP contribution is 2.28. The van der Waals surface area contributed by atoms with E-state index in [1.807, 2.05) is 32.9 Å². The van der Waals surface area contributed by atoms with Gasteiger partial charge in [0.2, 0.25) is 0 Å². The lowest BCUT2D eigenvalue weighted by atomic mass is 10.1. The second kappa shape index (κ2) is 12.5. The van der Waals surface area contributed by atoms with Gasteiger partial charge in [-0.1, -0.05) is 6.07 Å². The molecule has 0 radical (unpaired) electrons. The van der Waals surface area contributed by atoms with Crippen LogP contribution in [-0.4, -0.2) is 52.5 Å². The molecule has 0 bridgehead atoms. The molecule has 1 rings (SSSR count). The van der Waals surface area contributed by atoms with Crippen molar-refractivity contribution in [2.75, 3.05) is 46.6 Å². The van der Waals surface area contributed by atoms with Crippen LogP contribution in [0.25, 0.3) is 0 Å². The first-order valence-electron chi connectivity index (χ1n) is 8.65. The van der Waals surface area contributed by atoms with E-state index in [1.165, 1.54) is 5.56 Å². The van der Waals surface area contributed by atoms with Gasteiger partial charge in [-0.2, -0.15) is 0 Å². The molecular weight excluding hydrogens is 306 g/mol. The van der Waals surface area contributed by atoms with E-state index in [2.05, 4.69) is 21.7 Å². The lowest BCUT2D eigenvalue weighted by Crippen LogP contribution is -2.39. The molecule has 6 heteroatoms. The van der Waals surface area contributed by atoms with E-state index in [9.17, 15) is 0 Å². The molecule has 0 aliphatic heterocycles. The fraction of sp³-hybridized carbons (Fsp3) is 0.611. The maximum absolute atomic E-state index is 5.66. The third-order valence-corrected chi connectivity index (χ3v) is 3.28. The topological polar surface area (TPSA) is 64.1 Å². The molecule has 1 aromatic rings. The molecular formula is C18H31N3O3. The predicted octanol–water partition coefficient (Wildman–Crippen LogP) is 2.23. The molecule has 0 unspecified atom stereocenters. The number of hydrogen-bond donors (Lipinski definition) is 2. The zero-order valence-electron chi connectivity index (χ0n) is 15.4. The predicted molar refractivity (Wildman–Crippen MR) is 98.3 cm³/mol. The zero-order chi connectivity index (χ0) is 17.6. The van der Waals surface area contributed by atoms with Crippen LogP contribution >= 0.6 is 0 Å². The van der Waals surface area contributed by atoms with Crippen molar-refractivity contribution in [2.45, 2.75) is 27.2 Å². The molecule has 0 aliphatic rings. The quantitative estimate of drug-likeness (QED) is 0.368. The van der Waals surface area contributed by atoms with Crippen LogP contribution in [0.15, 0.2) is 23.2 Å². The monoisotopic (exact) mass is 337 g/mol. The van der Waals surface area contributed by atoms with E-state index in [1.54, 1.807) is 7.05 Å². The van der Waals surface area contributed by atoms with Crippen molar-refractivity contribution in [1.82, 2.24) is 10.6 Å². The molecule has 24 heavy (non-hydrogen) atoms. The van der Waals surface area contributed by atoms with Crippen LogP contribution in [0.3, 0.4) is 0 Å². The smallest absolute Gasteiger partial charge is 0.191 e. The molecule has 1 aromatic carbocycles. The van der Waals surface area contributed by atoms with Crippen molar-refractivity contribution in [3.63, 3.8) is 0 Å². The highest BCUT2D eigenvalue weighted by atomic mass is 16.5. The summed E-state index contributed by atoms with van der Waals surface area (Å²) >= 11 is 0. The molecule has 0 fully saturated rings. The van der Waals surface area contributed by atoms with Crippen LogP contribution in [0.2, 0.25) is 0 Å². The molecule has 0 saturated carbocycles. The van der Waals surface area contributed by atoms with Gasteiger partial charge < -0.3 is 24.8 Å². The molecule has 0 spiro atoms. The summed E-state index contributed by atoms with van der Waals surface area (Å²) in [7, 11) is 1.76. The Kier molecular flexibility index (Phi) is 10.4. The van der Waals surface area contributed by atoms with Crippen LogP contribution in [-0.2, 0) is 11.2 Å². The van der Waals surface area contributed by atoms with E-state index < -0.39 is 0 Å². The largest absolute Gasteiger partial charge is 0.490 e. The summed E-state index contributed by atoms with van der Waals surface area (Å²) < 4.78 is 16.5. The number of aliphatic imine (C=N–C) groups is 1. The van der Waals surface area contributed by atoms with Gasteiger partial charge in [-0.15, -0.1) is 0 Å². The Balaban J connectivity index is 2.47. The van der Waals surface area contributed by atoms with E-state index in [0.29, 0.717) is 19.8 Å². The summed E-state index contributed by atoms with van der Waals surface area (Å²) in [5.41, 5.74) is 1.19. The number of nitrogens with one attached hydrogen (secondary N) is 2. The van der Waals surface area contributed by atoms with Crippen molar-refractivity contribution < 1.29 is 14.2 Å². The fourth-order valence-corrected chi connectivity index (χ4v) is 2.18. The highest BCUT2D eigenvalue weighted by Gasteiger charge is 2.06. The minimum Gasteiger partial charge on any atom is -0.490 e. The van der Waals surface area contributed by atoms with E-state index >= 15 is 0 Å². The summed E-state index contributed by atoms with van der Waals surface area (Å²) in [5, 5.41) is 6.51. The van der Waals surface area contributed by atoms with Gasteiger partial charge in [-0.05, 0) is 44.9 Å². The SMILES string of the molecule is CCOCCNC(=NC)NCCc1ccc(OCC)c(OCC)c1. The Hall–Kier alpha value is -1.95. The summed E-state index contributed by atoms with van der Waals surface area (Å²) in [6.07, 6.45) is 0.874. The first kappa shape index (κ1) is 20.1. The zero-order valence-corrected chi connectivity index (χ0v) is 15.4. The van der Waals surface area contributed by atoms with Crippen LogP contribution in [0.5, 0.6) is 11.5 Å². The Bertz CT molecular complexity index is 492. The maximum Gasteiger partial charge on any atom is 0.191 e. The summed E-state index contributed by atoms with van der Waals surface area (Å²) in [6, 6.07) is 6.08. The van der Waals surface area contributed by atoms with E-state index in [0.717, 1.165) is 43.6 Å². The highest BCUT2D eigenvalue weighted by molar-refractivity contribution is 5.79. The van der Waals surface area contributed by atoms with E-state index in [4.69, 9.17) is 14.2 Å². The Morgan fingerprint density at radius 3 is 2.33 bits per heavy atom. The lowest BCUT2D eigenvalue weighted by molar-refractivity contribution is 0.152. The molecule has 0 amide bonds. The number of hydrogen-bond acceptors (Lipinski definition) is 4. The van der Waals surface area contributed by atoms with Gasteiger partial charge in [-0.25, -0.2) is 0 Å². The standard InChI is InChI=1S/C18H31N3O3/c1-5-22-13-12-21-18(19-4)20-11-10-15-8-9-16(23-6-2)17(14-15)24-7-3/h8-9,14H,5-7,10-13H2,1-4H3,(H2,19,20,21). The third kappa shape index (κ3) is 7.55. The summed E-state index contributed by atoms with van der Waals surface area (Å²) in [5.74, 6) is 2.38. The average Bonchev–Trinajstić information content (AvgIpc) is 2.59. The van der Waals surface area contributed by atoms with Gasteiger partial charge in [-0.3, -0.25) is 4.99 Å². The number of rotatable bonds is 11. The second-order valence-electron chi connectivity index (χ2n) is 5.02. The van der Waals surface area contributed by atoms with Gasteiger partial charge in [0, 0.05) is 26.7 Å². The first-order chi connectivity index (χ1) is 11.7.